The van der Waals surface area contributed by atoms with E-state index in [4.69, 9.17) is 4.74 Å². The van der Waals surface area contributed by atoms with Crippen LogP contribution in [0.3, 0.4) is 0 Å². The molecule has 1 fully saturated rings. The lowest BCUT2D eigenvalue weighted by atomic mass is 10.0. The molecule has 1 aliphatic heterocycles. The number of benzene rings is 2. The van der Waals surface area contributed by atoms with Gasteiger partial charge in [-0.1, -0.05) is 30.3 Å². The molecule has 0 bridgehead atoms. The van der Waals surface area contributed by atoms with Gasteiger partial charge in [-0.25, -0.2) is 9.97 Å². The Morgan fingerprint density at radius 2 is 1.86 bits per heavy atom. The van der Waals surface area contributed by atoms with Crippen LogP contribution in [0.1, 0.15) is 12.8 Å². The second kappa shape index (κ2) is 10.7. The molecule has 0 saturated carbocycles. The van der Waals surface area contributed by atoms with Crippen molar-refractivity contribution in [1.29, 1.82) is 0 Å². The Balaban J connectivity index is 1.16. The van der Waals surface area contributed by atoms with Crippen molar-refractivity contribution in [2.75, 3.05) is 31.1 Å². The van der Waals surface area contributed by atoms with E-state index in [0.29, 0.717) is 0 Å². The van der Waals surface area contributed by atoms with Crippen molar-refractivity contribution in [3.63, 3.8) is 0 Å². The normalized spacial score (nSPS) is 15.4. The molecule has 7 nitrogen and oxygen atoms in total. The maximum Gasteiger partial charge on any atom is 0.204 e. The molecule has 10 heteroatoms. The summed E-state index contributed by atoms with van der Waals surface area (Å²) < 4.78 is 32.4. The number of hydrogen-bond donors (Lipinski definition) is 3. The van der Waals surface area contributed by atoms with E-state index in [2.05, 4.69) is 37.7 Å². The largest absolute Gasteiger partial charge is 0.505 e. The first-order valence-electron chi connectivity index (χ1n) is 11.7. The van der Waals surface area contributed by atoms with Gasteiger partial charge in [-0.2, -0.15) is 8.78 Å². The van der Waals surface area contributed by atoms with Crippen molar-refractivity contribution in [1.82, 2.24) is 15.3 Å². The lowest BCUT2D eigenvalue weighted by molar-refractivity contribution is 0.0996. The number of hydrogen-bond acceptors (Lipinski definition) is 8. The number of piperidine rings is 1. The summed E-state index contributed by atoms with van der Waals surface area (Å²) in [6.07, 6.45) is 2.44. The molecule has 1 aliphatic rings. The Hall–Kier alpha value is -3.34. The first-order chi connectivity index (χ1) is 17.5. The second-order valence-electron chi connectivity index (χ2n) is 8.74. The highest BCUT2D eigenvalue weighted by molar-refractivity contribution is 7.17. The third-order valence-corrected chi connectivity index (χ3v) is 7.22. The van der Waals surface area contributed by atoms with Gasteiger partial charge in [-0.05, 0) is 30.5 Å². The highest BCUT2D eigenvalue weighted by Crippen LogP contribution is 2.38. The topological polar surface area (TPSA) is 90.7 Å². The monoisotopic (exact) mass is 512 g/mol. The summed E-state index contributed by atoms with van der Waals surface area (Å²) in [7, 11) is 0. The minimum absolute atomic E-state index is 0.201. The number of ether oxygens (including phenoxy) is 1. The molecule has 2 aromatic heterocycles. The molecule has 2 aromatic carbocycles. The van der Waals surface area contributed by atoms with E-state index in [1.54, 1.807) is 17.7 Å². The molecule has 0 aliphatic carbocycles. The standard InChI is InChI=1S/C26H26F2N4O3S/c27-23-20(34)6-7-21(24(23)28)35-13-18(33)12-29-17-8-10-32(11-9-17)25-22-19(16-4-2-1-3-5-16)14-36-26(22)31-15-30-25/h1-7,14-15,17-18,29,33-34H,8-13H2. The molecule has 188 valence electrons. The van der Waals surface area contributed by atoms with Crippen LogP contribution in [0.2, 0.25) is 0 Å². The number of halogens is 2. The Morgan fingerprint density at radius 1 is 1.08 bits per heavy atom. The number of aliphatic hydroxyl groups excluding tert-OH is 1. The van der Waals surface area contributed by atoms with Gasteiger partial charge >= 0.3 is 0 Å². The molecule has 4 aromatic rings. The first kappa shape index (κ1) is 24.4. The van der Waals surface area contributed by atoms with E-state index in [1.165, 1.54) is 0 Å². The average molecular weight is 513 g/mol. The fourth-order valence-electron chi connectivity index (χ4n) is 4.41. The van der Waals surface area contributed by atoms with Crippen molar-refractivity contribution in [3.05, 3.63) is 65.8 Å². The van der Waals surface area contributed by atoms with Crippen molar-refractivity contribution in [2.24, 2.45) is 0 Å². The number of aromatic nitrogens is 2. The minimum atomic E-state index is -1.37. The number of fused-ring (bicyclic) bond motifs is 1. The highest BCUT2D eigenvalue weighted by atomic mass is 32.1. The summed E-state index contributed by atoms with van der Waals surface area (Å²) in [6, 6.07) is 12.6. The zero-order chi connectivity index (χ0) is 25.1. The summed E-state index contributed by atoms with van der Waals surface area (Å²) >= 11 is 1.62. The van der Waals surface area contributed by atoms with Crippen molar-refractivity contribution >= 4 is 27.4 Å². The maximum absolute atomic E-state index is 13.8. The number of nitrogens with one attached hydrogen (secondary N) is 1. The molecule has 5 rings (SSSR count). The van der Waals surface area contributed by atoms with Crippen molar-refractivity contribution in [2.45, 2.75) is 25.0 Å². The van der Waals surface area contributed by atoms with Gasteiger partial charge in [0.15, 0.2) is 11.5 Å². The average Bonchev–Trinajstić information content (AvgIpc) is 3.35. The molecule has 3 N–H and O–H groups in total. The molecule has 1 atom stereocenters. The smallest absolute Gasteiger partial charge is 0.204 e. The summed E-state index contributed by atoms with van der Waals surface area (Å²) in [5, 5.41) is 26.0. The van der Waals surface area contributed by atoms with Gasteiger partial charge in [0.2, 0.25) is 11.6 Å². The number of nitrogens with zero attached hydrogens (tertiary/aromatic N) is 3. The van der Waals surface area contributed by atoms with E-state index < -0.39 is 23.5 Å². The first-order valence-corrected chi connectivity index (χ1v) is 12.6. The van der Waals surface area contributed by atoms with E-state index in [-0.39, 0.29) is 24.9 Å². The van der Waals surface area contributed by atoms with Gasteiger partial charge in [0, 0.05) is 36.6 Å². The van der Waals surface area contributed by atoms with Gasteiger partial charge in [-0.15, -0.1) is 11.3 Å². The third-order valence-electron chi connectivity index (χ3n) is 6.33. The molecule has 0 amide bonds. The Bertz CT molecular complexity index is 1330. The SMILES string of the molecule is Oc1ccc(OCC(O)CNC2CCN(c3ncnc4scc(-c5ccccc5)c34)CC2)c(F)c1F. The molecule has 0 spiro atoms. The number of rotatable bonds is 8. The maximum atomic E-state index is 13.8. The molecule has 0 radical (unpaired) electrons. The summed E-state index contributed by atoms with van der Waals surface area (Å²) in [6.45, 7) is 1.66. The van der Waals surface area contributed by atoms with E-state index in [9.17, 15) is 19.0 Å². The number of anilines is 1. The molecule has 1 saturated heterocycles. The predicted octanol–water partition coefficient (Wildman–Crippen LogP) is 4.34. The van der Waals surface area contributed by atoms with Gasteiger partial charge < -0.3 is 25.2 Å². The number of aliphatic hydroxyl groups is 1. The number of aromatic hydroxyl groups is 1. The summed E-state index contributed by atoms with van der Waals surface area (Å²) in [4.78, 5) is 12.3. The fourth-order valence-corrected chi connectivity index (χ4v) is 5.32. The van der Waals surface area contributed by atoms with Gasteiger partial charge in [-0.3, -0.25) is 0 Å². The van der Waals surface area contributed by atoms with Crippen LogP contribution < -0.4 is 15.0 Å². The van der Waals surface area contributed by atoms with Crippen LogP contribution in [0.4, 0.5) is 14.6 Å². The quantitative estimate of drug-likeness (QED) is 0.324. The fraction of sp³-hybridized carbons (Fsp3) is 0.308. The van der Waals surface area contributed by atoms with Gasteiger partial charge in [0.1, 0.15) is 29.7 Å². The number of thiophene rings is 1. The van der Waals surface area contributed by atoms with Gasteiger partial charge in [0.25, 0.3) is 0 Å². The van der Waals surface area contributed by atoms with Crippen LogP contribution in [0, 0.1) is 11.6 Å². The third kappa shape index (κ3) is 5.11. The van der Waals surface area contributed by atoms with E-state index in [0.717, 1.165) is 65.2 Å². The van der Waals surface area contributed by atoms with Gasteiger partial charge in [0.05, 0.1) is 5.39 Å². The lowest BCUT2D eigenvalue weighted by Crippen LogP contribution is -2.45. The van der Waals surface area contributed by atoms with Crippen LogP contribution in [0.25, 0.3) is 21.3 Å². The van der Waals surface area contributed by atoms with Crippen LogP contribution in [0.5, 0.6) is 11.5 Å². The Labute approximate surface area is 211 Å². The Morgan fingerprint density at radius 3 is 2.64 bits per heavy atom. The molecular weight excluding hydrogens is 486 g/mol. The lowest BCUT2D eigenvalue weighted by Gasteiger charge is -2.34. The number of phenolic OH excluding ortho intramolecular Hbond substituents is 1. The van der Waals surface area contributed by atoms with Crippen LogP contribution >= 0.6 is 11.3 Å². The zero-order valence-corrected chi connectivity index (χ0v) is 20.2. The molecular formula is C26H26F2N4O3S. The summed E-state index contributed by atoms with van der Waals surface area (Å²) in [5.74, 6) is -2.84. The Kier molecular flexibility index (Phi) is 7.26. The van der Waals surface area contributed by atoms with E-state index in [1.807, 2.05) is 18.2 Å². The zero-order valence-electron chi connectivity index (χ0n) is 19.4. The molecule has 36 heavy (non-hydrogen) atoms. The van der Waals surface area contributed by atoms with Crippen molar-refractivity contribution < 1.29 is 23.7 Å². The van der Waals surface area contributed by atoms with Crippen LogP contribution in [-0.2, 0) is 0 Å². The predicted molar refractivity (Wildman–Crippen MR) is 136 cm³/mol. The minimum Gasteiger partial charge on any atom is -0.505 e. The highest BCUT2D eigenvalue weighted by Gasteiger charge is 2.24. The van der Waals surface area contributed by atoms with Crippen LogP contribution in [-0.4, -0.2) is 58.6 Å². The molecule has 3 heterocycles. The van der Waals surface area contributed by atoms with Crippen LogP contribution in [0.15, 0.2) is 54.2 Å². The second-order valence-corrected chi connectivity index (χ2v) is 9.60. The van der Waals surface area contributed by atoms with E-state index >= 15 is 0 Å². The van der Waals surface area contributed by atoms with Crippen molar-refractivity contribution in [3.8, 4) is 22.6 Å². The summed E-state index contributed by atoms with van der Waals surface area (Å²) in [5.41, 5.74) is 2.28. The number of phenols is 1. The molecule has 1 unspecified atom stereocenters.